The van der Waals surface area contributed by atoms with Crippen molar-refractivity contribution in [2.45, 2.75) is 39.2 Å². The van der Waals surface area contributed by atoms with E-state index >= 15 is 0 Å². The molecule has 0 fully saturated rings. The fourth-order valence-electron chi connectivity index (χ4n) is 1.94. The molecular weight excluding hydrogens is 301 g/mol. The molecule has 0 aliphatic rings. The number of nitrogens with two attached hydrogens (primary N) is 1. The van der Waals surface area contributed by atoms with Crippen LogP contribution < -0.4 is 11.1 Å². The van der Waals surface area contributed by atoms with Crippen LogP contribution in [-0.2, 0) is 11.2 Å². The Kier molecular flexibility index (Phi) is 5.63. The van der Waals surface area contributed by atoms with Gasteiger partial charge < -0.3 is 11.1 Å². The molecule has 1 unspecified atom stereocenters. The number of carbonyl (C=O) groups is 1. The van der Waals surface area contributed by atoms with E-state index in [1.165, 1.54) is 17.4 Å². The number of hydrogen-bond acceptors (Lipinski definition) is 4. The first kappa shape index (κ1) is 16.6. The summed E-state index contributed by atoms with van der Waals surface area (Å²) in [5.74, 6) is -0.286. The van der Waals surface area contributed by atoms with Crippen LogP contribution >= 0.6 is 11.3 Å². The minimum Gasteiger partial charge on any atom is -0.328 e. The van der Waals surface area contributed by atoms with Crippen LogP contribution in [-0.4, -0.2) is 16.9 Å². The molecule has 1 amide bonds. The topological polar surface area (TPSA) is 68.0 Å². The predicted molar refractivity (Wildman–Crippen MR) is 87.6 cm³/mol. The highest BCUT2D eigenvalue weighted by Crippen LogP contribution is 2.22. The summed E-state index contributed by atoms with van der Waals surface area (Å²) < 4.78 is 13.5. The molecule has 0 spiro atoms. The van der Waals surface area contributed by atoms with E-state index in [1.807, 2.05) is 13.0 Å². The zero-order chi connectivity index (χ0) is 16.1. The molecule has 1 heterocycles. The van der Waals surface area contributed by atoms with Crippen molar-refractivity contribution in [2.75, 3.05) is 5.32 Å². The molecule has 1 aromatic carbocycles. The summed E-state index contributed by atoms with van der Waals surface area (Å²) in [6, 6.07) is 5.21. The van der Waals surface area contributed by atoms with Gasteiger partial charge in [-0.25, -0.2) is 9.37 Å². The first-order valence-corrected chi connectivity index (χ1v) is 8.01. The van der Waals surface area contributed by atoms with E-state index in [0.717, 1.165) is 10.4 Å². The smallest absolute Gasteiger partial charge is 0.226 e. The van der Waals surface area contributed by atoms with Crippen LogP contribution in [0, 0.1) is 12.7 Å². The molecule has 0 saturated heterocycles. The zero-order valence-electron chi connectivity index (χ0n) is 12.7. The number of nitrogens with zero attached hydrogens (tertiary/aromatic N) is 1. The third-order valence-corrected chi connectivity index (χ3v) is 4.15. The van der Waals surface area contributed by atoms with Gasteiger partial charge in [-0.05, 0) is 37.5 Å². The normalized spacial score (nSPS) is 12.2. The lowest BCUT2D eigenvalue weighted by atomic mass is 10.1. The lowest BCUT2D eigenvalue weighted by molar-refractivity contribution is -0.116. The molecule has 1 aromatic heterocycles. The average molecular weight is 321 g/mol. The Bertz CT molecular complexity index is 655. The molecule has 0 saturated carbocycles. The van der Waals surface area contributed by atoms with E-state index in [0.29, 0.717) is 30.0 Å². The van der Waals surface area contributed by atoms with Crippen LogP contribution in [0.5, 0.6) is 0 Å². The second kappa shape index (κ2) is 7.47. The van der Waals surface area contributed by atoms with Crippen LogP contribution in [0.4, 0.5) is 9.52 Å². The number of aryl methyl sites for hydroxylation is 1. The molecule has 0 bridgehead atoms. The lowest BCUT2D eigenvalue weighted by Gasteiger charge is -2.04. The maximum absolute atomic E-state index is 13.5. The van der Waals surface area contributed by atoms with Gasteiger partial charge in [0, 0.05) is 30.0 Å². The van der Waals surface area contributed by atoms with Crippen molar-refractivity contribution < 1.29 is 9.18 Å². The molecule has 3 N–H and O–H groups in total. The van der Waals surface area contributed by atoms with E-state index in [9.17, 15) is 9.18 Å². The van der Waals surface area contributed by atoms with Gasteiger partial charge in [0.1, 0.15) is 5.82 Å². The second-order valence-electron chi connectivity index (χ2n) is 5.46. The highest BCUT2D eigenvalue weighted by Gasteiger charge is 2.09. The number of rotatable bonds is 6. The van der Waals surface area contributed by atoms with E-state index in [4.69, 9.17) is 5.73 Å². The summed E-state index contributed by atoms with van der Waals surface area (Å²) in [4.78, 5) is 16.9. The van der Waals surface area contributed by atoms with Gasteiger partial charge in [0.2, 0.25) is 5.91 Å². The van der Waals surface area contributed by atoms with Crippen molar-refractivity contribution in [1.29, 1.82) is 0 Å². The Morgan fingerprint density at radius 2 is 2.27 bits per heavy atom. The largest absolute Gasteiger partial charge is 0.328 e. The minimum atomic E-state index is -0.202. The minimum absolute atomic E-state index is 0.00837. The zero-order valence-corrected chi connectivity index (χ0v) is 13.5. The standard InChI is InChI=1S/C16H20FN3OS/c1-10-3-5-12(8-14(10)17)7-13-9-19-16(22-13)20-15(21)6-4-11(2)18/h3,5,8-9,11H,4,6-7,18H2,1-2H3,(H,19,20,21). The molecule has 22 heavy (non-hydrogen) atoms. The van der Waals surface area contributed by atoms with Crippen LogP contribution in [0.25, 0.3) is 0 Å². The highest BCUT2D eigenvalue weighted by molar-refractivity contribution is 7.15. The summed E-state index contributed by atoms with van der Waals surface area (Å²) in [6.07, 6.45) is 3.34. The van der Waals surface area contributed by atoms with Crippen LogP contribution in [0.3, 0.4) is 0 Å². The molecule has 2 rings (SSSR count). The van der Waals surface area contributed by atoms with Crippen molar-refractivity contribution in [1.82, 2.24) is 4.98 Å². The first-order valence-electron chi connectivity index (χ1n) is 7.19. The predicted octanol–water partition coefficient (Wildman–Crippen LogP) is 3.25. The van der Waals surface area contributed by atoms with Gasteiger partial charge in [-0.1, -0.05) is 12.1 Å². The molecule has 4 nitrogen and oxygen atoms in total. The number of benzene rings is 1. The number of aromatic nitrogens is 1. The third kappa shape index (κ3) is 4.89. The monoisotopic (exact) mass is 321 g/mol. The van der Waals surface area contributed by atoms with E-state index in [2.05, 4.69) is 10.3 Å². The number of hydrogen-bond donors (Lipinski definition) is 2. The van der Waals surface area contributed by atoms with Gasteiger partial charge in [-0.2, -0.15) is 0 Å². The van der Waals surface area contributed by atoms with Gasteiger partial charge >= 0.3 is 0 Å². The van der Waals surface area contributed by atoms with E-state index in [-0.39, 0.29) is 17.8 Å². The first-order chi connectivity index (χ1) is 10.4. The number of thiazole rings is 1. The second-order valence-corrected chi connectivity index (χ2v) is 6.57. The maximum atomic E-state index is 13.5. The van der Waals surface area contributed by atoms with Crippen molar-refractivity contribution in [2.24, 2.45) is 5.73 Å². The van der Waals surface area contributed by atoms with Gasteiger partial charge in [0.25, 0.3) is 0 Å². The Labute approximate surface area is 133 Å². The van der Waals surface area contributed by atoms with Crippen molar-refractivity contribution >= 4 is 22.4 Å². The Morgan fingerprint density at radius 1 is 1.50 bits per heavy atom. The average Bonchev–Trinajstić information content (AvgIpc) is 2.88. The third-order valence-electron chi connectivity index (χ3n) is 3.24. The van der Waals surface area contributed by atoms with E-state index in [1.54, 1.807) is 19.2 Å². The molecular formula is C16H20FN3OS. The molecule has 1 atom stereocenters. The van der Waals surface area contributed by atoms with Gasteiger partial charge in [-0.3, -0.25) is 4.79 Å². The quantitative estimate of drug-likeness (QED) is 0.858. The van der Waals surface area contributed by atoms with Gasteiger partial charge in [0.15, 0.2) is 5.13 Å². The Balaban J connectivity index is 1.93. The number of carbonyl (C=O) groups excluding carboxylic acids is 1. The number of halogens is 1. The summed E-state index contributed by atoms with van der Waals surface area (Å²) in [7, 11) is 0. The van der Waals surface area contributed by atoms with Crippen LogP contribution in [0.2, 0.25) is 0 Å². The van der Waals surface area contributed by atoms with Crippen LogP contribution in [0.1, 0.15) is 35.8 Å². The number of amides is 1. The summed E-state index contributed by atoms with van der Waals surface area (Å²) >= 11 is 1.40. The molecule has 0 aliphatic carbocycles. The highest BCUT2D eigenvalue weighted by atomic mass is 32.1. The maximum Gasteiger partial charge on any atom is 0.226 e. The van der Waals surface area contributed by atoms with Crippen LogP contribution in [0.15, 0.2) is 24.4 Å². The Morgan fingerprint density at radius 3 is 2.95 bits per heavy atom. The molecule has 118 valence electrons. The summed E-state index contributed by atoms with van der Waals surface area (Å²) in [5, 5.41) is 3.33. The lowest BCUT2D eigenvalue weighted by Crippen LogP contribution is -2.19. The number of nitrogens with one attached hydrogen (secondary N) is 1. The Hall–Kier alpha value is -1.79. The fourth-order valence-corrected chi connectivity index (χ4v) is 2.80. The molecule has 0 radical (unpaired) electrons. The summed E-state index contributed by atoms with van der Waals surface area (Å²) in [5.41, 5.74) is 7.15. The molecule has 0 aliphatic heterocycles. The van der Waals surface area contributed by atoms with Crippen molar-refractivity contribution in [3.8, 4) is 0 Å². The van der Waals surface area contributed by atoms with Crippen molar-refractivity contribution in [3.05, 3.63) is 46.2 Å². The van der Waals surface area contributed by atoms with E-state index < -0.39 is 0 Å². The molecule has 6 heteroatoms. The SMILES string of the molecule is Cc1ccc(Cc2cnc(NC(=O)CCC(C)N)s2)cc1F. The number of anilines is 1. The van der Waals surface area contributed by atoms with Gasteiger partial charge in [0.05, 0.1) is 0 Å². The summed E-state index contributed by atoms with van der Waals surface area (Å²) in [6.45, 7) is 3.61. The van der Waals surface area contributed by atoms with Gasteiger partial charge in [-0.15, -0.1) is 11.3 Å². The molecule has 2 aromatic rings. The van der Waals surface area contributed by atoms with Crippen molar-refractivity contribution in [3.63, 3.8) is 0 Å². The fraction of sp³-hybridized carbons (Fsp3) is 0.375.